The Morgan fingerprint density at radius 2 is 0.845 bits per heavy atom. The van der Waals surface area contributed by atoms with E-state index in [2.05, 4.69) is 315 Å². The van der Waals surface area contributed by atoms with Crippen LogP contribution in [0.25, 0.3) is 22.3 Å². The molecule has 0 aliphatic carbocycles. The number of hydrogen-bond donors (Lipinski definition) is 0. The minimum Gasteiger partial charge on any atom is -0.458 e. The van der Waals surface area contributed by atoms with Crippen molar-refractivity contribution in [1.29, 1.82) is 0 Å². The quantitative estimate of drug-likeness (QED) is 0.134. The summed E-state index contributed by atoms with van der Waals surface area (Å²) in [6, 6.07) is 102. The normalized spacial score (nSPS) is 13.0. The van der Waals surface area contributed by atoms with Crippen LogP contribution < -0.4 is 57.0 Å². The van der Waals surface area contributed by atoms with Crippen molar-refractivity contribution in [3.8, 4) is 45.3 Å². The summed E-state index contributed by atoms with van der Waals surface area (Å²) in [6.07, 6.45) is 0. The van der Waals surface area contributed by atoms with Crippen molar-refractivity contribution in [2.45, 2.75) is 36.0 Å². The average Bonchev–Trinajstić information content (AvgIpc) is 0.984. The van der Waals surface area contributed by atoms with Gasteiger partial charge in [0.15, 0.2) is 0 Å². The number of nitrogens with zero attached hydrogens (tertiary/aromatic N) is 3. The second kappa shape index (κ2) is 19.9. The van der Waals surface area contributed by atoms with Gasteiger partial charge in [0.25, 0.3) is 6.71 Å². The van der Waals surface area contributed by atoms with Crippen molar-refractivity contribution >= 4 is 109 Å². The molecule has 0 unspecified atom stereocenters. The Labute approximate surface area is 496 Å². The number of anilines is 9. The Bertz CT molecular complexity index is 4440. The van der Waals surface area contributed by atoms with Gasteiger partial charge in [0.05, 0.1) is 5.69 Å². The lowest BCUT2D eigenvalue weighted by atomic mass is 9.34. The molecule has 398 valence electrons. The van der Waals surface area contributed by atoms with Crippen molar-refractivity contribution in [1.82, 2.24) is 0 Å². The topological polar surface area (TPSA) is 28.2 Å². The van der Waals surface area contributed by atoms with Gasteiger partial charge in [-0.05, 0) is 165 Å². The van der Waals surface area contributed by atoms with E-state index in [1.54, 1.807) is 0 Å². The maximum Gasteiger partial charge on any atom is 0.260 e. The first-order valence-corrected chi connectivity index (χ1v) is 29.8. The number of benzene rings is 12. The van der Waals surface area contributed by atoms with Crippen molar-refractivity contribution in [2.24, 2.45) is 0 Å². The van der Waals surface area contributed by atoms with Crippen molar-refractivity contribution < 1.29 is 9.47 Å². The average molecular weight is 1100 g/mol. The SMILES string of the molecule is CC(C)(C)c1ccc2c(c1)B1c3ccccc3Oc3cc(-c4cc5c6c(c4)N(c4ccccc4-c4ccccc4)c4cc(N(c7ccccc7)c7ccccc7)ccc4B6c4ccc(N(c6ccccc6)c6ccccc6)cc4S5)cc(c31)O2. The molecule has 12 aromatic carbocycles. The maximum atomic E-state index is 7.13. The van der Waals surface area contributed by atoms with Crippen LogP contribution in [-0.2, 0) is 5.41 Å². The van der Waals surface area contributed by atoms with E-state index in [1.807, 2.05) is 11.8 Å². The van der Waals surface area contributed by atoms with Gasteiger partial charge in [0, 0.05) is 66.3 Å². The zero-order valence-corrected chi connectivity index (χ0v) is 47.6. The largest absolute Gasteiger partial charge is 0.458 e. The van der Waals surface area contributed by atoms with Gasteiger partial charge in [0.2, 0.25) is 6.71 Å². The molecule has 0 saturated carbocycles. The third-order valence-electron chi connectivity index (χ3n) is 17.1. The summed E-state index contributed by atoms with van der Waals surface area (Å²) in [5, 5.41) is 0. The highest BCUT2D eigenvalue weighted by Crippen LogP contribution is 2.50. The molecular formula is C76H55B2N3O2S. The first-order valence-electron chi connectivity index (χ1n) is 29.0. The van der Waals surface area contributed by atoms with Crippen LogP contribution in [0.1, 0.15) is 26.3 Å². The summed E-state index contributed by atoms with van der Waals surface area (Å²) in [5.41, 5.74) is 22.6. The zero-order chi connectivity index (χ0) is 56.0. The molecule has 84 heavy (non-hydrogen) atoms. The number of ether oxygens (including phenoxy) is 2. The lowest BCUT2D eigenvalue weighted by Crippen LogP contribution is -2.59. The maximum absolute atomic E-state index is 7.13. The number of rotatable bonds is 9. The number of para-hydroxylation sites is 6. The van der Waals surface area contributed by atoms with Gasteiger partial charge >= 0.3 is 0 Å². The highest BCUT2D eigenvalue weighted by atomic mass is 32.2. The third kappa shape index (κ3) is 8.34. The van der Waals surface area contributed by atoms with Crippen LogP contribution in [0.15, 0.2) is 289 Å². The number of fused-ring (bicyclic) bond motifs is 8. The Morgan fingerprint density at radius 1 is 0.333 bits per heavy atom. The van der Waals surface area contributed by atoms with Crippen molar-refractivity contribution in [3.05, 3.63) is 285 Å². The Hall–Kier alpha value is -9.88. The standard InChI is InChI=1S/C76H55B2N3O2S/c1-76(2,3)53-37-42-69-64(47-53)78-62-34-20-22-36-68(62)82-70-44-52(45-71(83-69)75(70)78)51-43-67-74-73(46-51)84-72-49-59(80(56-29-15-7-16-30-56)57-31-17-8-18-32-57)39-41-63(72)77(74)61-40-38-58(79(54-25-11-5-12-26-54)55-27-13-6-14-28-55)48-66(61)81(67)65-35-21-19-33-60(65)50-23-9-4-10-24-50/h4-49H,1-3H3. The Balaban J connectivity index is 0.952. The molecular weight excluding hydrogens is 1040 g/mol. The third-order valence-corrected chi connectivity index (χ3v) is 18.3. The van der Waals surface area contributed by atoms with Crippen molar-refractivity contribution in [3.63, 3.8) is 0 Å². The Kier molecular flexibility index (Phi) is 11.8. The van der Waals surface area contributed by atoms with Gasteiger partial charge in [-0.25, -0.2) is 0 Å². The van der Waals surface area contributed by atoms with Gasteiger partial charge in [-0.1, -0.05) is 202 Å². The smallest absolute Gasteiger partial charge is 0.260 e. The second-order valence-corrected chi connectivity index (χ2v) is 24.3. The summed E-state index contributed by atoms with van der Waals surface area (Å²) < 4.78 is 14.2. The van der Waals surface area contributed by atoms with Crippen LogP contribution in [0.3, 0.4) is 0 Å². The van der Waals surface area contributed by atoms with Crippen LogP contribution in [0.5, 0.6) is 23.0 Å². The minimum atomic E-state index is -0.106. The molecule has 0 aromatic heterocycles. The first kappa shape index (κ1) is 49.9. The molecule has 0 atom stereocenters. The molecule has 0 N–H and O–H groups in total. The molecule has 4 heterocycles. The van der Waals surface area contributed by atoms with Gasteiger partial charge in [-0.15, -0.1) is 0 Å². The zero-order valence-electron chi connectivity index (χ0n) is 46.8. The van der Waals surface area contributed by atoms with E-state index in [9.17, 15) is 0 Å². The molecule has 4 aliphatic rings. The van der Waals surface area contributed by atoms with Crippen LogP contribution >= 0.6 is 11.8 Å². The molecule has 4 aliphatic heterocycles. The summed E-state index contributed by atoms with van der Waals surface area (Å²) in [7, 11) is 0. The van der Waals surface area contributed by atoms with Crippen LogP contribution in [0, 0.1) is 0 Å². The van der Waals surface area contributed by atoms with Crippen molar-refractivity contribution in [2.75, 3.05) is 14.7 Å². The summed E-state index contributed by atoms with van der Waals surface area (Å²) in [6.45, 7) is 6.67. The minimum absolute atomic E-state index is 0.0393. The Morgan fingerprint density at radius 3 is 1.46 bits per heavy atom. The molecule has 0 fully saturated rings. The van der Waals surface area contributed by atoms with Gasteiger partial charge < -0.3 is 24.2 Å². The van der Waals surface area contributed by atoms with E-state index in [0.29, 0.717) is 0 Å². The molecule has 0 saturated heterocycles. The van der Waals surface area contributed by atoms with Gasteiger partial charge in [0.1, 0.15) is 23.0 Å². The fraction of sp³-hybridized carbons (Fsp3) is 0.0526. The molecule has 0 bridgehead atoms. The lowest BCUT2D eigenvalue weighted by molar-refractivity contribution is 0.464. The molecule has 5 nitrogen and oxygen atoms in total. The molecule has 16 rings (SSSR count). The number of hydrogen-bond acceptors (Lipinski definition) is 6. The summed E-state index contributed by atoms with van der Waals surface area (Å²) >= 11 is 1.87. The van der Waals surface area contributed by atoms with Gasteiger partial charge in [-0.3, -0.25) is 0 Å². The van der Waals surface area contributed by atoms with Crippen LogP contribution in [0.4, 0.5) is 51.2 Å². The van der Waals surface area contributed by atoms with Crippen LogP contribution in [0.2, 0.25) is 0 Å². The summed E-state index contributed by atoms with van der Waals surface area (Å²) in [5.74, 6) is 3.38. The van der Waals surface area contributed by atoms with Gasteiger partial charge in [-0.2, -0.15) is 0 Å². The predicted molar refractivity (Wildman–Crippen MR) is 353 cm³/mol. The van der Waals surface area contributed by atoms with E-state index >= 15 is 0 Å². The lowest BCUT2D eigenvalue weighted by Gasteiger charge is -2.42. The first-order chi connectivity index (χ1) is 41.3. The predicted octanol–water partition coefficient (Wildman–Crippen LogP) is 16.7. The molecule has 8 heteroatoms. The van der Waals surface area contributed by atoms with E-state index in [-0.39, 0.29) is 18.8 Å². The second-order valence-electron chi connectivity index (χ2n) is 23.2. The monoisotopic (exact) mass is 1100 g/mol. The molecule has 12 aromatic rings. The molecule has 0 radical (unpaired) electrons. The fourth-order valence-corrected chi connectivity index (χ4v) is 14.5. The van der Waals surface area contributed by atoms with Crippen LogP contribution in [-0.4, -0.2) is 13.4 Å². The highest BCUT2D eigenvalue weighted by Gasteiger charge is 2.44. The van der Waals surface area contributed by atoms with E-state index in [1.165, 1.54) is 37.2 Å². The van der Waals surface area contributed by atoms with E-state index in [4.69, 9.17) is 9.47 Å². The molecule has 0 amide bonds. The van der Waals surface area contributed by atoms with E-state index in [0.717, 1.165) is 107 Å². The highest BCUT2D eigenvalue weighted by molar-refractivity contribution is 8.00. The summed E-state index contributed by atoms with van der Waals surface area (Å²) in [4.78, 5) is 9.72. The molecule has 0 spiro atoms. The van der Waals surface area contributed by atoms with E-state index < -0.39 is 0 Å². The fourth-order valence-electron chi connectivity index (χ4n) is 13.2.